The fourth-order valence-electron chi connectivity index (χ4n) is 1.99. The van der Waals surface area contributed by atoms with Crippen LogP contribution in [-0.4, -0.2) is 38.8 Å². The van der Waals surface area contributed by atoms with E-state index in [9.17, 15) is 14.3 Å². The summed E-state index contributed by atoms with van der Waals surface area (Å²) in [6.07, 6.45) is 0.337. The van der Waals surface area contributed by atoms with Gasteiger partial charge in [0.05, 0.1) is 11.7 Å². The van der Waals surface area contributed by atoms with Crippen molar-refractivity contribution in [3.05, 3.63) is 48.2 Å². The summed E-state index contributed by atoms with van der Waals surface area (Å²) in [5, 5.41) is 20.2. The number of amides is 1. The van der Waals surface area contributed by atoms with Crippen LogP contribution in [0.25, 0.3) is 11.3 Å². The molecule has 0 fully saturated rings. The lowest BCUT2D eigenvalue weighted by Gasteiger charge is -2.22. The van der Waals surface area contributed by atoms with Gasteiger partial charge in [0, 0.05) is 11.8 Å². The Hall–Kier alpha value is -1.76. The van der Waals surface area contributed by atoms with E-state index in [2.05, 4.69) is 15.5 Å². The highest BCUT2D eigenvalue weighted by Gasteiger charge is 2.25. The van der Waals surface area contributed by atoms with Crippen LogP contribution in [0.3, 0.4) is 0 Å². The quantitative estimate of drug-likeness (QED) is 0.778. The molecule has 0 aliphatic rings. The summed E-state index contributed by atoms with van der Waals surface area (Å²) in [5.74, 6) is -0.758. The minimum absolute atomic E-state index is 0.446. The summed E-state index contributed by atoms with van der Waals surface area (Å²) in [7, 11) is 0. The Morgan fingerprint density at radius 2 is 1.96 bits per heavy atom. The molecule has 8 heteroatoms. The number of hydrogen-bond donors (Lipinski definition) is 2. The predicted molar refractivity (Wildman–Crippen MR) is 85.8 cm³/mol. The van der Waals surface area contributed by atoms with E-state index < -0.39 is 29.6 Å². The number of benzene rings is 1. The number of aliphatic hydroxyl groups is 1. The number of halogens is 3. The minimum Gasteiger partial charge on any atom is -0.386 e. The first-order valence-corrected chi connectivity index (χ1v) is 7.61. The second-order valence-corrected chi connectivity index (χ2v) is 5.84. The first kappa shape index (κ1) is 17.6. The van der Waals surface area contributed by atoms with Gasteiger partial charge in [-0.25, -0.2) is 4.39 Å². The molecule has 0 bridgehead atoms. The standard InChI is InChI=1S/C15H14Cl2FN3O2/c16-14(17)15(23)20-12(8-18)13(22)10-5-3-9(4-6-10)11-2-1-7-19-21-11/h1-7,12-14,22H,8H2,(H,20,23)/t12-,13-/m1/s1. The number of hydrogen-bond acceptors (Lipinski definition) is 4. The maximum atomic E-state index is 13.1. The molecule has 0 saturated carbocycles. The number of nitrogens with zero attached hydrogens (tertiary/aromatic N) is 2. The lowest BCUT2D eigenvalue weighted by molar-refractivity contribution is -0.121. The Balaban J connectivity index is 2.12. The smallest absolute Gasteiger partial charge is 0.253 e. The van der Waals surface area contributed by atoms with Crippen molar-refractivity contribution in [2.24, 2.45) is 0 Å². The summed E-state index contributed by atoms with van der Waals surface area (Å²) in [4.78, 5) is 10.1. The van der Waals surface area contributed by atoms with E-state index in [1.807, 2.05) is 0 Å². The predicted octanol–water partition coefficient (Wildman–Crippen LogP) is 2.44. The molecule has 1 aromatic heterocycles. The van der Waals surface area contributed by atoms with Gasteiger partial charge in [-0.1, -0.05) is 47.5 Å². The fraction of sp³-hybridized carbons (Fsp3) is 0.267. The molecule has 5 nitrogen and oxygen atoms in total. The molecule has 0 spiro atoms. The molecule has 1 amide bonds. The summed E-state index contributed by atoms with van der Waals surface area (Å²) in [6, 6.07) is 9.13. The van der Waals surface area contributed by atoms with Crippen molar-refractivity contribution in [1.29, 1.82) is 0 Å². The highest BCUT2D eigenvalue weighted by atomic mass is 35.5. The van der Waals surface area contributed by atoms with Crippen LogP contribution in [0.2, 0.25) is 0 Å². The van der Waals surface area contributed by atoms with Gasteiger partial charge >= 0.3 is 0 Å². The zero-order valence-corrected chi connectivity index (χ0v) is 13.4. The van der Waals surface area contributed by atoms with Crippen LogP contribution in [0.5, 0.6) is 0 Å². The molecule has 0 aliphatic carbocycles. The molecule has 2 N–H and O–H groups in total. The third kappa shape index (κ3) is 4.60. The average Bonchev–Trinajstić information content (AvgIpc) is 2.59. The van der Waals surface area contributed by atoms with E-state index in [-0.39, 0.29) is 0 Å². The summed E-state index contributed by atoms with van der Waals surface area (Å²) in [5.41, 5.74) is 1.92. The third-order valence-electron chi connectivity index (χ3n) is 3.19. The molecule has 1 aromatic carbocycles. The number of nitrogens with one attached hydrogen (secondary N) is 1. The zero-order chi connectivity index (χ0) is 16.8. The number of carbonyl (C=O) groups excluding carboxylic acids is 1. The Labute approximate surface area is 142 Å². The molecule has 0 radical (unpaired) electrons. The minimum atomic E-state index is -1.32. The van der Waals surface area contributed by atoms with Crippen LogP contribution in [0.4, 0.5) is 4.39 Å². The molecule has 23 heavy (non-hydrogen) atoms. The van der Waals surface area contributed by atoms with Gasteiger partial charge < -0.3 is 10.4 Å². The molecular weight excluding hydrogens is 344 g/mol. The molecule has 2 rings (SSSR count). The van der Waals surface area contributed by atoms with E-state index >= 15 is 0 Å². The molecular formula is C15H14Cl2FN3O2. The van der Waals surface area contributed by atoms with Gasteiger partial charge in [0.15, 0.2) is 4.84 Å². The maximum Gasteiger partial charge on any atom is 0.253 e. The van der Waals surface area contributed by atoms with Crippen molar-refractivity contribution in [2.45, 2.75) is 17.0 Å². The molecule has 2 aromatic rings. The van der Waals surface area contributed by atoms with Gasteiger partial charge in [0.1, 0.15) is 12.8 Å². The van der Waals surface area contributed by atoms with E-state index in [4.69, 9.17) is 23.2 Å². The summed E-state index contributed by atoms with van der Waals surface area (Å²) in [6.45, 7) is -0.959. The molecule has 122 valence electrons. The fourth-order valence-corrected chi connectivity index (χ4v) is 2.11. The highest BCUT2D eigenvalue weighted by molar-refractivity contribution is 6.53. The van der Waals surface area contributed by atoms with Gasteiger partial charge in [0.25, 0.3) is 5.91 Å². The van der Waals surface area contributed by atoms with E-state index in [0.717, 1.165) is 5.56 Å². The SMILES string of the molecule is O=C(N[C@H](CF)[C@H](O)c1ccc(-c2cccnn2)cc1)C(Cl)Cl. The van der Waals surface area contributed by atoms with Gasteiger partial charge in [-0.15, -0.1) is 0 Å². The average molecular weight is 358 g/mol. The lowest BCUT2D eigenvalue weighted by atomic mass is 10.0. The van der Waals surface area contributed by atoms with E-state index in [0.29, 0.717) is 11.3 Å². The first-order chi connectivity index (χ1) is 11.0. The second-order valence-electron chi connectivity index (χ2n) is 4.75. The molecule has 0 saturated heterocycles. The van der Waals surface area contributed by atoms with E-state index in [1.54, 1.807) is 42.6 Å². The Bertz CT molecular complexity index is 641. The van der Waals surface area contributed by atoms with Crippen molar-refractivity contribution in [3.8, 4) is 11.3 Å². The van der Waals surface area contributed by atoms with Gasteiger partial charge in [-0.3, -0.25) is 4.79 Å². The largest absolute Gasteiger partial charge is 0.386 e. The number of aromatic nitrogens is 2. The van der Waals surface area contributed by atoms with Gasteiger partial charge in [-0.05, 0) is 17.7 Å². The second kappa shape index (κ2) is 8.19. The molecule has 1 heterocycles. The number of alkyl halides is 3. The van der Waals surface area contributed by atoms with E-state index in [1.165, 1.54) is 0 Å². The lowest BCUT2D eigenvalue weighted by Crippen LogP contribution is -2.43. The van der Waals surface area contributed by atoms with Gasteiger partial charge in [0.2, 0.25) is 0 Å². The Kier molecular flexibility index (Phi) is 6.27. The van der Waals surface area contributed by atoms with Crippen molar-refractivity contribution in [1.82, 2.24) is 15.5 Å². The van der Waals surface area contributed by atoms with Crippen molar-refractivity contribution in [2.75, 3.05) is 6.67 Å². The van der Waals surface area contributed by atoms with Crippen LogP contribution in [0.1, 0.15) is 11.7 Å². The summed E-state index contributed by atoms with van der Waals surface area (Å²) < 4.78 is 13.1. The van der Waals surface area contributed by atoms with Crippen molar-refractivity contribution >= 4 is 29.1 Å². The van der Waals surface area contributed by atoms with Crippen LogP contribution in [0.15, 0.2) is 42.6 Å². The highest BCUT2D eigenvalue weighted by Crippen LogP contribution is 2.22. The third-order valence-corrected chi connectivity index (χ3v) is 3.59. The number of aliphatic hydroxyl groups excluding tert-OH is 1. The number of carbonyl (C=O) groups is 1. The van der Waals surface area contributed by atoms with Gasteiger partial charge in [-0.2, -0.15) is 10.2 Å². The van der Waals surface area contributed by atoms with Crippen LogP contribution in [-0.2, 0) is 4.79 Å². The maximum absolute atomic E-state index is 13.1. The Morgan fingerprint density at radius 3 is 2.48 bits per heavy atom. The molecule has 0 unspecified atom stereocenters. The molecule has 0 aliphatic heterocycles. The monoisotopic (exact) mass is 357 g/mol. The normalized spacial score (nSPS) is 13.6. The van der Waals surface area contributed by atoms with Crippen LogP contribution < -0.4 is 5.32 Å². The number of rotatable bonds is 6. The zero-order valence-electron chi connectivity index (χ0n) is 11.9. The molecule has 2 atom stereocenters. The van der Waals surface area contributed by atoms with Crippen molar-refractivity contribution < 1.29 is 14.3 Å². The van der Waals surface area contributed by atoms with Crippen molar-refractivity contribution in [3.63, 3.8) is 0 Å². The first-order valence-electron chi connectivity index (χ1n) is 6.73. The van der Waals surface area contributed by atoms with Crippen LogP contribution >= 0.6 is 23.2 Å². The summed E-state index contributed by atoms with van der Waals surface area (Å²) >= 11 is 10.8. The Morgan fingerprint density at radius 1 is 1.26 bits per heavy atom. The van der Waals surface area contributed by atoms with Crippen LogP contribution in [0, 0.1) is 0 Å². The topological polar surface area (TPSA) is 75.1 Å².